The first-order chi connectivity index (χ1) is 7.55. The van der Waals surface area contributed by atoms with Gasteiger partial charge in [0, 0.05) is 29.6 Å². The Hall–Kier alpha value is 0.01000. The molecule has 1 heterocycles. The molecular formula is C13H24N2S. The third kappa shape index (κ3) is 3.51. The zero-order valence-corrected chi connectivity index (χ0v) is 11.3. The molecule has 0 bridgehead atoms. The molecule has 2 unspecified atom stereocenters. The van der Waals surface area contributed by atoms with Gasteiger partial charge < -0.3 is 10.6 Å². The lowest BCUT2D eigenvalue weighted by molar-refractivity contribution is 0.254. The van der Waals surface area contributed by atoms with Crippen molar-refractivity contribution in [3.8, 4) is 0 Å². The van der Waals surface area contributed by atoms with E-state index < -0.39 is 0 Å². The SMILES string of the molecule is CC1(C)CCN(CC2C=CC(N)C2)CCS1. The summed E-state index contributed by atoms with van der Waals surface area (Å²) in [6.07, 6.45) is 6.93. The first kappa shape index (κ1) is 12.5. The monoisotopic (exact) mass is 240 g/mol. The van der Waals surface area contributed by atoms with Crippen LogP contribution in [0.3, 0.4) is 0 Å². The van der Waals surface area contributed by atoms with Crippen LogP contribution in [0.1, 0.15) is 26.7 Å². The molecule has 2 atom stereocenters. The number of hydrogen-bond donors (Lipinski definition) is 1. The van der Waals surface area contributed by atoms with Gasteiger partial charge in [-0.2, -0.15) is 11.8 Å². The van der Waals surface area contributed by atoms with E-state index in [0.29, 0.717) is 16.7 Å². The molecule has 3 heteroatoms. The normalized spacial score (nSPS) is 35.2. The standard InChI is InChI=1S/C13H24N2S/c1-13(2)5-6-15(7-8-16-13)10-11-3-4-12(14)9-11/h3-4,11-12H,5-10,14H2,1-2H3. The molecule has 0 aromatic heterocycles. The molecule has 2 rings (SSSR count). The molecule has 0 radical (unpaired) electrons. The molecule has 1 fully saturated rings. The topological polar surface area (TPSA) is 29.3 Å². The van der Waals surface area contributed by atoms with Gasteiger partial charge in [-0.25, -0.2) is 0 Å². The molecule has 1 saturated heterocycles. The van der Waals surface area contributed by atoms with Crippen LogP contribution in [0, 0.1) is 5.92 Å². The Morgan fingerprint density at radius 2 is 2.19 bits per heavy atom. The van der Waals surface area contributed by atoms with Crippen molar-refractivity contribution < 1.29 is 0 Å². The van der Waals surface area contributed by atoms with Crippen molar-refractivity contribution in [3.63, 3.8) is 0 Å². The highest BCUT2D eigenvalue weighted by Crippen LogP contribution is 2.31. The summed E-state index contributed by atoms with van der Waals surface area (Å²) >= 11 is 2.12. The van der Waals surface area contributed by atoms with E-state index in [1.165, 1.54) is 31.8 Å². The van der Waals surface area contributed by atoms with Crippen LogP contribution in [-0.4, -0.2) is 41.1 Å². The van der Waals surface area contributed by atoms with E-state index in [9.17, 15) is 0 Å². The fourth-order valence-corrected chi connectivity index (χ4v) is 3.66. The average Bonchev–Trinajstić information content (AvgIpc) is 2.52. The van der Waals surface area contributed by atoms with Crippen LogP contribution in [0.25, 0.3) is 0 Å². The van der Waals surface area contributed by atoms with Crippen LogP contribution in [0.4, 0.5) is 0 Å². The second-order valence-corrected chi connectivity index (χ2v) is 7.51. The predicted octanol–water partition coefficient (Wildman–Crippen LogP) is 2.11. The summed E-state index contributed by atoms with van der Waals surface area (Å²) in [5.41, 5.74) is 5.89. The van der Waals surface area contributed by atoms with Gasteiger partial charge in [-0.3, -0.25) is 0 Å². The fourth-order valence-electron chi connectivity index (χ4n) is 2.52. The Morgan fingerprint density at radius 1 is 1.38 bits per heavy atom. The maximum atomic E-state index is 5.89. The number of hydrogen-bond acceptors (Lipinski definition) is 3. The first-order valence-corrected chi connectivity index (χ1v) is 7.34. The zero-order chi connectivity index (χ0) is 11.6. The molecule has 1 aliphatic heterocycles. The number of rotatable bonds is 2. The second-order valence-electron chi connectivity index (χ2n) is 5.70. The quantitative estimate of drug-likeness (QED) is 0.750. The minimum atomic E-state index is 0.308. The molecule has 2 nitrogen and oxygen atoms in total. The van der Waals surface area contributed by atoms with Crippen LogP contribution >= 0.6 is 11.8 Å². The molecule has 2 aliphatic rings. The molecule has 0 amide bonds. The molecule has 1 aliphatic carbocycles. The average molecular weight is 240 g/mol. The van der Waals surface area contributed by atoms with Crippen LogP contribution < -0.4 is 5.73 Å². The minimum absolute atomic E-state index is 0.308. The van der Waals surface area contributed by atoms with Gasteiger partial charge >= 0.3 is 0 Å². The van der Waals surface area contributed by atoms with Gasteiger partial charge in [0.05, 0.1) is 0 Å². The Bertz CT molecular complexity index is 263. The van der Waals surface area contributed by atoms with E-state index in [1.807, 2.05) is 0 Å². The molecule has 0 spiro atoms. The third-order valence-electron chi connectivity index (χ3n) is 3.63. The highest BCUT2D eigenvalue weighted by molar-refractivity contribution is 8.00. The van der Waals surface area contributed by atoms with Gasteiger partial charge in [0.25, 0.3) is 0 Å². The van der Waals surface area contributed by atoms with Gasteiger partial charge in [0.1, 0.15) is 0 Å². The van der Waals surface area contributed by atoms with Gasteiger partial charge in [0.2, 0.25) is 0 Å². The van der Waals surface area contributed by atoms with Gasteiger partial charge in [-0.15, -0.1) is 0 Å². The van der Waals surface area contributed by atoms with Crippen molar-refractivity contribution in [1.82, 2.24) is 4.90 Å². The molecule has 0 aromatic rings. The summed E-state index contributed by atoms with van der Waals surface area (Å²) in [4.78, 5) is 2.62. The summed E-state index contributed by atoms with van der Waals surface area (Å²) in [5, 5.41) is 0. The summed E-state index contributed by atoms with van der Waals surface area (Å²) < 4.78 is 0.469. The Morgan fingerprint density at radius 3 is 2.88 bits per heavy atom. The molecule has 2 N–H and O–H groups in total. The fraction of sp³-hybridized carbons (Fsp3) is 0.846. The second kappa shape index (κ2) is 5.11. The number of nitrogens with zero attached hydrogens (tertiary/aromatic N) is 1. The van der Waals surface area contributed by atoms with Crippen molar-refractivity contribution >= 4 is 11.8 Å². The summed E-state index contributed by atoms with van der Waals surface area (Å²) in [7, 11) is 0. The first-order valence-electron chi connectivity index (χ1n) is 6.35. The Kier molecular flexibility index (Phi) is 3.98. The zero-order valence-electron chi connectivity index (χ0n) is 10.5. The van der Waals surface area contributed by atoms with E-state index in [0.717, 1.165) is 6.42 Å². The summed E-state index contributed by atoms with van der Waals surface area (Å²) in [6, 6.07) is 0.308. The molecule has 92 valence electrons. The van der Waals surface area contributed by atoms with E-state index >= 15 is 0 Å². The van der Waals surface area contributed by atoms with Crippen molar-refractivity contribution in [2.75, 3.05) is 25.4 Å². The van der Waals surface area contributed by atoms with Crippen molar-refractivity contribution in [3.05, 3.63) is 12.2 Å². The summed E-state index contributed by atoms with van der Waals surface area (Å²) in [5.74, 6) is 1.97. The number of thioether (sulfide) groups is 1. The van der Waals surface area contributed by atoms with E-state index in [2.05, 4.69) is 42.7 Å². The lowest BCUT2D eigenvalue weighted by Crippen LogP contribution is -2.32. The van der Waals surface area contributed by atoms with Gasteiger partial charge in [-0.1, -0.05) is 26.0 Å². The highest BCUT2D eigenvalue weighted by atomic mass is 32.2. The van der Waals surface area contributed by atoms with Crippen LogP contribution in [0.5, 0.6) is 0 Å². The lowest BCUT2D eigenvalue weighted by Gasteiger charge is -2.24. The van der Waals surface area contributed by atoms with E-state index in [1.54, 1.807) is 0 Å². The Labute approximate surface area is 104 Å². The Balaban J connectivity index is 1.80. The summed E-state index contributed by atoms with van der Waals surface area (Å²) in [6.45, 7) is 8.44. The van der Waals surface area contributed by atoms with E-state index in [-0.39, 0.29) is 0 Å². The van der Waals surface area contributed by atoms with Crippen LogP contribution in [0.15, 0.2) is 12.2 Å². The maximum absolute atomic E-state index is 5.89. The smallest absolute Gasteiger partial charge is 0.0229 e. The highest BCUT2D eigenvalue weighted by Gasteiger charge is 2.25. The van der Waals surface area contributed by atoms with E-state index in [4.69, 9.17) is 5.73 Å². The van der Waals surface area contributed by atoms with Gasteiger partial charge in [0.15, 0.2) is 0 Å². The lowest BCUT2D eigenvalue weighted by atomic mass is 10.1. The number of nitrogens with two attached hydrogens (primary N) is 1. The van der Waals surface area contributed by atoms with Crippen molar-refractivity contribution in [1.29, 1.82) is 0 Å². The van der Waals surface area contributed by atoms with Crippen molar-refractivity contribution in [2.24, 2.45) is 11.7 Å². The van der Waals surface area contributed by atoms with Crippen LogP contribution in [0.2, 0.25) is 0 Å². The van der Waals surface area contributed by atoms with Crippen LogP contribution in [-0.2, 0) is 0 Å². The largest absolute Gasteiger partial charge is 0.324 e. The molecule has 16 heavy (non-hydrogen) atoms. The minimum Gasteiger partial charge on any atom is -0.324 e. The van der Waals surface area contributed by atoms with Gasteiger partial charge in [-0.05, 0) is 25.3 Å². The maximum Gasteiger partial charge on any atom is 0.0229 e. The molecular weight excluding hydrogens is 216 g/mol. The third-order valence-corrected chi connectivity index (χ3v) is 5.00. The van der Waals surface area contributed by atoms with Crippen molar-refractivity contribution in [2.45, 2.75) is 37.5 Å². The predicted molar refractivity (Wildman–Crippen MR) is 72.8 cm³/mol. The molecule has 0 aromatic carbocycles. The molecule has 0 saturated carbocycles.